The standard InChI is InChI=1S/C31H34F4N4O4/c1-29(2,3)43-28(41)39-13-10-30(17-39)14-21-23(15-30)37-26-25(21)24(22(32)16-36-26)18-8-11-38(12-9-18)27(40)19-4-6-20(7-5-19)42-31(33,34)35/h4-7,16,18H,8-15,17H2,1-3H3,(H,36,37). The normalized spacial score (nSPS) is 21.1. The van der Waals surface area contributed by atoms with Crippen LogP contribution in [0.15, 0.2) is 30.5 Å². The molecule has 2 fully saturated rings. The Kier molecular flexibility index (Phi) is 7.08. The van der Waals surface area contributed by atoms with E-state index in [9.17, 15) is 22.8 Å². The molecule has 6 rings (SSSR count). The number of aromatic nitrogens is 2. The number of hydrogen-bond donors (Lipinski definition) is 1. The van der Waals surface area contributed by atoms with Gasteiger partial charge in [-0.3, -0.25) is 4.79 Å². The lowest BCUT2D eigenvalue weighted by atomic mass is 9.82. The molecule has 3 aliphatic rings. The molecule has 0 radical (unpaired) electrons. The van der Waals surface area contributed by atoms with E-state index < -0.39 is 17.7 Å². The summed E-state index contributed by atoms with van der Waals surface area (Å²) in [5.41, 5.74) is 2.91. The number of halogens is 4. The number of alkyl halides is 3. The van der Waals surface area contributed by atoms with Crippen molar-refractivity contribution in [2.24, 2.45) is 5.41 Å². The third kappa shape index (κ3) is 5.88. The molecule has 1 aliphatic carbocycles. The first kappa shape index (κ1) is 29.3. The topological polar surface area (TPSA) is 87.8 Å². The van der Waals surface area contributed by atoms with E-state index in [1.165, 1.54) is 18.3 Å². The molecule has 12 heteroatoms. The van der Waals surface area contributed by atoms with Crippen LogP contribution in [-0.4, -0.2) is 69.9 Å². The van der Waals surface area contributed by atoms with Crippen molar-refractivity contribution in [1.29, 1.82) is 0 Å². The molecule has 1 N–H and O–H groups in total. The molecule has 1 atom stereocenters. The zero-order valence-electron chi connectivity index (χ0n) is 24.3. The number of H-pyrrole nitrogens is 1. The van der Waals surface area contributed by atoms with E-state index in [1.807, 2.05) is 20.8 Å². The number of pyridine rings is 1. The largest absolute Gasteiger partial charge is 0.573 e. The first-order chi connectivity index (χ1) is 20.2. The second-order valence-corrected chi connectivity index (χ2v) is 13.0. The van der Waals surface area contributed by atoms with Gasteiger partial charge in [0.1, 0.15) is 22.8 Å². The van der Waals surface area contributed by atoms with Crippen molar-refractivity contribution in [3.63, 3.8) is 0 Å². The number of piperidine rings is 1. The first-order valence-electron chi connectivity index (χ1n) is 14.5. The van der Waals surface area contributed by atoms with Crippen molar-refractivity contribution >= 4 is 23.0 Å². The van der Waals surface area contributed by atoms with Crippen molar-refractivity contribution < 1.29 is 36.6 Å². The molecule has 0 saturated carbocycles. The van der Waals surface area contributed by atoms with Gasteiger partial charge in [0.15, 0.2) is 0 Å². The number of amides is 2. The Morgan fingerprint density at radius 3 is 2.37 bits per heavy atom. The van der Waals surface area contributed by atoms with Crippen LogP contribution in [-0.2, 0) is 17.6 Å². The van der Waals surface area contributed by atoms with Crippen LogP contribution < -0.4 is 4.74 Å². The number of likely N-dealkylation sites (tertiary alicyclic amines) is 2. The summed E-state index contributed by atoms with van der Waals surface area (Å²) in [4.78, 5) is 37.0. The van der Waals surface area contributed by atoms with Gasteiger partial charge in [0.2, 0.25) is 0 Å². The maximum atomic E-state index is 15.5. The predicted molar refractivity (Wildman–Crippen MR) is 149 cm³/mol. The highest BCUT2D eigenvalue weighted by molar-refractivity contribution is 5.94. The summed E-state index contributed by atoms with van der Waals surface area (Å²) in [5.74, 6) is -1.19. The molecule has 8 nitrogen and oxygen atoms in total. The zero-order valence-corrected chi connectivity index (χ0v) is 24.3. The lowest BCUT2D eigenvalue weighted by Crippen LogP contribution is -2.38. The monoisotopic (exact) mass is 602 g/mol. The van der Waals surface area contributed by atoms with Crippen LogP contribution in [0.4, 0.5) is 22.4 Å². The van der Waals surface area contributed by atoms with E-state index in [2.05, 4.69) is 14.7 Å². The van der Waals surface area contributed by atoms with Gasteiger partial charge in [0.25, 0.3) is 5.91 Å². The molecule has 1 spiro atoms. The van der Waals surface area contributed by atoms with Crippen molar-refractivity contribution in [1.82, 2.24) is 19.8 Å². The van der Waals surface area contributed by atoms with E-state index in [4.69, 9.17) is 4.74 Å². The molecular weight excluding hydrogens is 568 g/mol. The molecule has 2 amide bonds. The van der Waals surface area contributed by atoms with Crippen LogP contribution in [0.5, 0.6) is 5.75 Å². The number of nitrogens with zero attached hydrogens (tertiary/aromatic N) is 3. The third-order valence-corrected chi connectivity index (χ3v) is 8.72. The van der Waals surface area contributed by atoms with E-state index >= 15 is 4.39 Å². The molecule has 0 bridgehead atoms. The van der Waals surface area contributed by atoms with E-state index in [0.29, 0.717) is 56.7 Å². The minimum atomic E-state index is -4.81. The van der Waals surface area contributed by atoms with Crippen LogP contribution in [0.3, 0.4) is 0 Å². The lowest BCUT2D eigenvalue weighted by molar-refractivity contribution is -0.274. The minimum absolute atomic E-state index is 0.129. The summed E-state index contributed by atoms with van der Waals surface area (Å²) in [6, 6.07) is 4.86. The summed E-state index contributed by atoms with van der Waals surface area (Å²) in [6.45, 7) is 7.50. The molecule has 1 aromatic carbocycles. The number of benzene rings is 1. The zero-order chi connectivity index (χ0) is 30.7. The van der Waals surface area contributed by atoms with Gasteiger partial charge in [-0.25, -0.2) is 14.2 Å². The first-order valence-corrected chi connectivity index (χ1v) is 14.5. The van der Waals surface area contributed by atoms with Gasteiger partial charge in [-0.1, -0.05) is 0 Å². The molecule has 2 saturated heterocycles. The Hall–Kier alpha value is -3.83. The summed E-state index contributed by atoms with van der Waals surface area (Å²) in [6.07, 6.45) is -0.504. The van der Waals surface area contributed by atoms with Crippen LogP contribution in [0, 0.1) is 11.2 Å². The fraction of sp³-hybridized carbons (Fsp3) is 0.516. The Morgan fingerprint density at radius 1 is 1.02 bits per heavy atom. The molecule has 4 heterocycles. The Morgan fingerprint density at radius 2 is 1.72 bits per heavy atom. The van der Waals surface area contributed by atoms with E-state index in [-0.39, 0.29) is 34.7 Å². The molecule has 2 aliphatic heterocycles. The summed E-state index contributed by atoms with van der Waals surface area (Å²) >= 11 is 0. The van der Waals surface area contributed by atoms with Crippen LogP contribution in [0.2, 0.25) is 0 Å². The van der Waals surface area contributed by atoms with Gasteiger partial charge >= 0.3 is 12.5 Å². The van der Waals surface area contributed by atoms with Crippen molar-refractivity contribution in [3.8, 4) is 5.75 Å². The second kappa shape index (κ2) is 10.4. The number of fused-ring (bicyclic) bond motifs is 3. The summed E-state index contributed by atoms with van der Waals surface area (Å²) < 4.78 is 62.4. The average Bonchev–Trinajstić information content (AvgIpc) is 3.60. The van der Waals surface area contributed by atoms with Crippen LogP contribution in [0.25, 0.3) is 11.0 Å². The lowest BCUT2D eigenvalue weighted by Gasteiger charge is -2.33. The van der Waals surface area contributed by atoms with Crippen molar-refractivity contribution in [2.75, 3.05) is 26.2 Å². The molecule has 2 aromatic heterocycles. The van der Waals surface area contributed by atoms with Crippen LogP contribution in [0.1, 0.15) is 73.1 Å². The Labute approximate surface area is 246 Å². The fourth-order valence-electron chi connectivity index (χ4n) is 6.89. The number of hydrogen-bond acceptors (Lipinski definition) is 5. The molecule has 3 aromatic rings. The minimum Gasteiger partial charge on any atom is -0.444 e. The maximum absolute atomic E-state index is 15.5. The number of nitrogens with one attached hydrogen (secondary N) is 1. The quantitative estimate of drug-likeness (QED) is 0.354. The molecule has 230 valence electrons. The Bertz CT molecular complexity index is 1550. The fourth-order valence-corrected chi connectivity index (χ4v) is 6.89. The number of carbonyl (C=O) groups excluding carboxylic acids is 2. The number of carbonyl (C=O) groups is 2. The summed E-state index contributed by atoms with van der Waals surface area (Å²) in [5, 5.41) is 0.813. The Balaban J connectivity index is 1.16. The maximum Gasteiger partial charge on any atom is 0.573 e. The number of rotatable bonds is 3. The van der Waals surface area contributed by atoms with Gasteiger partial charge in [-0.05, 0) is 94.0 Å². The SMILES string of the molecule is CC(C)(C)OC(=O)N1CCC2(Cc3[nH]c4ncc(F)c(C5CCN(C(=O)c6ccc(OC(F)(F)F)cc6)CC5)c4c3C2)C1. The molecule has 1 unspecified atom stereocenters. The second-order valence-electron chi connectivity index (χ2n) is 13.0. The van der Waals surface area contributed by atoms with Gasteiger partial charge in [0.05, 0.1) is 6.20 Å². The van der Waals surface area contributed by atoms with Crippen molar-refractivity contribution in [3.05, 3.63) is 58.7 Å². The van der Waals surface area contributed by atoms with Gasteiger partial charge in [-0.2, -0.15) is 0 Å². The van der Waals surface area contributed by atoms with Crippen molar-refractivity contribution in [2.45, 2.75) is 70.8 Å². The van der Waals surface area contributed by atoms with E-state index in [1.54, 1.807) is 9.80 Å². The number of aromatic amines is 1. The van der Waals surface area contributed by atoms with Gasteiger partial charge in [0, 0.05) is 48.4 Å². The average molecular weight is 603 g/mol. The van der Waals surface area contributed by atoms with Crippen LogP contribution >= 0.6 is 0 Å². The summed E-state index contributed by atoms with van der Waals surface area (Å²) in [7, 11) is 0. The highest BCUT2D eigenvalue weighted by Crippen LogP contribution is 2.48. The predicted octanol–water partition coefficient (Wildman–Crippen LogP) is 6.35. The van der Waals surface area contributed by atoms with Gasteiger partial charge < -0.3 is 24.3 Å². The molecule has 43 heavy (non-hydrogen) atoms. The highest BCUT2D eigenvalue weighted by Gasteiger charge is 2.47. The van der Waals surface area contributed by atoms with Gasteiger partial charge in [-0.15, -0.1) is 13.2 Å². The number of ether oxygens (including phenoxy) is 2. The third-order valence-electron chi connectivity index (χ3n) is 8.72. The van der Waals surface area contributed by atoms with E-state index in [0.717, 1.165) is 41.6 Å². The molecular formula is C31H34F4N4O4. The highest BCUT2D eigenvalue weighted by atomic mass is 19.4. The smallest absolute Gasteiger partial charge is 0.444 e.